The van der Waals surface area contributed by atoms with Crippen molar-refractivity contribution >= 4 is 49.8 Å². The predicted octanol–water partition coefficient (Wildman–Crippen LogP) is 16.5. The van der Waals surface area contributed by atoms with Crippen LogP contribution in [0.3, 0.4) is 0 Å². The summed E-state index contributed by atoms with van der Waals surface area (Å²) in [4.78, 5) is 2.34. The fourth-order valence-electron chi connectivity index (χ4n) is 8.79. The normalized spacial score (nSPS) is 11.3. The van der Waals surface area contributed by atoms with E-state index < -0.39 is 0 Å². The number of rotatable bonds is 8. The number of fused-ring (bicyclic) bond motifs is 4. The van der Waals surface area contributed by atoms with E-state index in [-0.39, 0.29) is 0 Å². The van der Waals surface area contributed by atoms with Gasteiger partial charge in [-0.05, 0) is 121 Å². The zero-order chi connectivity index (χ0) is 39.8. The summed E-state index contributed by atoms with van der Waals surface area (Å²) in [7, 11) is 0. The average molecular weight is 766 g/mol. The van der Waals surface area contributed by atoms with E-state index in [0.29, 0.717) is 0 Å². The molecular formula is C58H39NO. The lowest BCUT2D eigenvalue weighted by Gasteiger charge is -2.26. The molecule has 0 saturated carbocycles. The summed E-state index contributed by atoms with van der Waals surface area (Å²) in [6, 6.07) is 84.8. The molecule has 1 heterocycles. The van der Waals surface area contributed by atoms with Gasteiger partial charge in [-0.1, -0.05) is 182 Å². The molecule has 0 bridgehead atoms. The molecule has 2 nitrogen and oxygen atoms in total. The maximum Gasteiger partial charge on any atom is 0.136 e. The lowest BCUT2D eigenvalue weighted by atomic mass is 9.91. The van der Waals surface area contributed by atoms with Crippen molar-refractivity contribution in [2.24, 2.45) is 0 Å². The largest absolute Gasteiger partial charge is 0.456 e. The monoisotopic (exact) mass is 765 g/mol. The Kier molecular flexibility index (Phi) is 8.87. The van der Waals surface area contributed by atoms with Crippen LogP contribution in [0.25, 0.3) is 88.3 Å². The molecule has 10 aromatic carbocycles. The van der Waals surface area contributed by atoms with Crippen molar-refractivity contribution in [2.45, 2.75) is 0 Å². The Balaban J connectivity index is 0.968. The lowest BCUT2D eigenvalue weighted by molar-refractivity contribution is 0.669. The van der Waals surface area contributed by atoms with Crippen molar-refractivity contribution in [3.63, 3.8) is 0 Å². The molecule has 0 fully saturated rings. The Labute approximate surface area is 349 Å². The standard InChI is InChI=1S/C58H39NO/c1-2-13-40(14-3-1)41-27-33-47(34-28-41)59(49-37-31-44(32-38-49)54-24-12-26-57-58(54)55-22-8-9-25-56(55)60-57)48-35-29-43(30-36-48)51-20-6-7-21-52(51)45-17-10-18-46(39-45)53-23-11-16-42-15-4-5-19-50(42)53/h1-39H. The van der Waals surface area contributed by atoms with Crippen molar-refractivity contribution in [2.75, 3.05) is 4.90 Å². The second kappa shape index (κ2) is 15.1. The zero-order valence-electron chi connectivity index (χ0n) is 32.9. The quantitative estimate of drug-likeness (QED) is 0.153. The van der Waals surface area contributed by atoms with Crippen molar-refractivity contribution in [3.05, 3.63) is 237 Å². The molecule has 0 aliphatic heterocycles. The van der Waals surface area contributed by atoms with Crippen molar-refractivity contribution in [1.29, 1.82) is 0 Å². The molecule has 11 aromatic rings. The van der Waals surface area contributed by atoms with Gasteiger partial charge in [-0.25, -0.2) is 0 Å². The van der Waals surface area contributed by atoms with E-state index in [2.05, 4.69) is 229 Å². The van der Waals surface area contributed by atoms with Crippen LogP contribution in [0.2, 0.25) is 0 Å². The molecule has 60 heavy (non-hydrogen) atoms. The van der Waals surface area contributed by atoms with Crippen LogP contribution in [-0.2, 0) is 0 Å². The van der Waals surface area contributed by atoms with E-state index in [4.69, 9.17) is 4.42 Å². The lowest BCUT2D eigenvalue weighted by Crippen LogP contribution is -2.09. The van der Waals surface area contributed by atoms with Gasteiger partial charge >= 0.3 is 0 Å². The second-order valence-electron chi connectivity index (χ2n) is 15.3. The minimum Gasteiger partial charge on any atom is -0.456 e. The SMILES string of the molecule is c1ccc(-c2ccc(N(c3ccc(-c4ccccc4-c4cccc(-c5cccc6ccccc56)c4)cc3)c3ccc(-c4cccc5oc6ccccc6c45)cc3)cc2)cc1. The van der Waals surface area contributed by atoms with E-state index in [1.54, 1.807) is 0 Å². The summed E-state index contributed by atoms with van der Waals surface area (Å²) in [5.41, 5.74) is 17.0. The van der Waals surface area contributed by atoms with Gasteiger partial charge in [-0.15, -0.1) is 0 Å². The Morgan fingerprint density at radius 1 is 0.267 bits per heavy atom. The summed E-state index contributed by atoms with van der Waals surface area (Å²) in [5, 5.41) is 4.79. The van der Waals surface area contributed by atoms with Gasteiger partial charge in [0, 0.05) is 27.8 Å². The summed E-state index contributed by atoms with van der Waals surface area (Å²) < 4.78 is 6.24. The van der Waals surface area contributed by atoms with E-state index in [1.807, 2.05) is 12.1 Å². The Morgan fingerprint density at radius 3 is 1.42 bits per heavy atom. The van der Waals surface area contributed by atoms with Crippen LogP contribution in [0.1, 0.15) is 0 Å². The fourth-order valence-corrected chi connectivity index (χ4v) is 8.79. The Bertz CT molecular complexity index is 3280. The van der Waals surface area contributed by atoms with E-state index in [0.717, 1.165) is 50.1 Å². The smallest absolute Gasteiger partial charge is 0.136 e. The number of furan rings is 1. The maximum absolute atomic E-state index is 6.24. The van der Waals surface area contributed by atoms with E-state index >= 15 is 0 Å². The molecule has 0 aliphatic rings. The summed E-state index contributed by atoms with van der Waals surface area (Å²) >= 11 is 0. The molecule has 0 aliphatic carbocycles. The van der Waals surface area contributed by atoms with Crippen molar-refractivity contribution < 1.29 is 4.42 Å². The van der Waals surface area contributed by atoms with Gasteiger partial charge in [-0.3, -0.25) is 0 Å². The molecule has 0 N–H and O–H groups in total. The van der Waals surface area contributed by atoms with Gasteiger partial charge in [0.2, 0.25) is 0 Å². The molecule has 0 saturated heterocycles. The first kappa shape index (κ1) is 35.2. The van der Waals surface area contributed by atoms with Crippen LogP contribution in [0, 0.1) is 0 Å². The van der Waals surface area contributed by atoms with Gasteiger partial charge in [0.1, 0.15) is 11.2 Å². The zero-order valence-corrected chi connectivity index (χ0v) is 32.9. The number of anilines is 3. The highest BCUT2D eigenvalue weighted by Gasteiger charge is 2.17. The third-order valence-electron chi connectivity index (χ3n) is 11.7. The first-order chi connectivity index (χ1) is 29.7. The fraction of sp³-hybridized carbons (Fsp3) is 0. The van der Waals surface area contributed by atoms with Crippen LogP contribution >= 0.6 is 0 Å². The molecule has 0 atom stereocenters. The average Bonchev–Trinajstić information content (AvgIpc) is 3.72. The molecule has 11 rings (SSSR count). The second-order valence-corrected chi connectivity index (χ2v) is 15.3. The predicted molar refractivity (Wildman–Crippen MR) is 253 cm³/mol. The number of nitrogens with zero attached hydrogens (tertiary/aromatic N) is 1. The van der Waals surface area contributed by atoms with Crippen molar-refractivity contribution in [1.82, 2.24) is 0 Å². The van der Waals surface area contributed by atoms with Crippen LogP contribution in [0.5, 0.6) is 0 Å². The highest BCUT2D eigenvalue weighted by Crippen LogP contribution is 2.42. The molecule has 2 heteroatoms. The topological polar surface area (TPSA) is 16.4 Å². The minimum atomic E-state index is 0.900. The minimum absolute atomic E-state index is 0.900. The van der Waals surface area contributed by atoms with E-state index in [9.17, 15) is 0 Å². The van der Waals surface area contributed by atoms with Crippen LogP contribution in [0.15, 0.2) is 241 Å². The number of para-hydroxylation sites is 1. The first-order valence-corrected chi connectivity index (χ1v) is 20.5. The van der Waals surface area contributed by atoms with E-state index in [1.165, 1.54) is 55.3 Å². The van der Waals surface area contributed by atoms with Gasteiger partial charge in [0.25, 0.3) is 0 Å². The van der Waals surface area contributed by atoms with Gasteiger partial charge in [-0.2, -0.15) is 0 Å². The molecule has 0 amide bonds. The van der Waals surface area contributed by atoms with Crippen LogP contribution < -0.4 is 4.90 Å². The highest BCUT2D eigenvalue weighted by molar-refractivity contribution is 6.12. The summed E-state index contributed by atoms with van der Waals surface area (Å²) in [6.45, 7) is 0. The molecule has 1 aromatic heterocycles. The van der Waals surface area contributed by atoms with Crippen LogP contribution in [-0.4, -0.2) is 0 Å². The molecule has 0 radical (unpaired) electrons. The molecule has 0 spiro atoms. The summed E-state index contributed by atoms with van der Waals surface area (Å²) in [6.07, 6.45) is 0. The third kappa shape index (κ3) is 6.41. The summed E-state index contributed by atoms with van der Waals surface area (Å²) in [5.74, 6) is 0. The Morgan fingerprint density at radius 2 is 0.700 bits per heavy atom. The molecular weight excluding hydrogens is 727 g/mol. The van der Waals surface area contributed by atoms with Gasteiger partial charge < -0.3 is 9.32 Å². The Hall–Kier alpha value is -7.94. The maximum atomic E-state index is 6.24. The number of benzene rings is 10. The number of hydrogen-bond acceptors (Lipinski definition) is 2. The van der Waals surface area contributed by atoms with Gasteiger partial charge in [0.05, 0.1) is 0 Å². The highest BCUT2D eigenvalue weighted by atomic mass is 16.3. The van der Waals surface area contributed by atoms with Gasteiger partial charge in [0.15, 0.2) is 0 Å². The first-order valence-electron chi connectivity index (χ1n) is 20.5. The number of hydrogen-bond donors (Lipinski definition) is 0. The molecule has 0 unspecified atom stereocenters. The van der Waals surface area contributed by atoms with Crippen LogP contribution in [0.4, 0.5) is 17.1 Å². The third-order valence-corrected chi connectivity index (χ3v) is 11.7. The molecule has 282 valence electrons. The van der Waals surface area contributed by atoms with Crippen molar-refractivity contribution in [3.8, 4) is 55.6 Å².